The molecular formula is C24H22BrNO4. The summed E-state index contributed by atoms with van der Waals surface area (Å²) >= 11 is 3.44. The Balaban J connectivity index is 1.87. The molecule has 0 aromatic heterocycles. The number of nitrogens with zero attached hydrogens (tertiary/aromatic N) is 1. The number of ether oxygens (including phenoxy) is 1. The lowest BCUT2D eigenvalue weighted by molar-refractivity contribution is 0.0693. The van der Waals surface area contributed by atoms with Gasteiger partial charge in [0, 0.05) is 28.8 Å². The van der Waals surface area contributed by atoms with Crippen LogP contribution in [0.3, 0.4) is 0 Å². The van der Waals surface area contributed by atoms with Crippen LogP contribution >= 0.6 is 15.9 Å². The van der Waals surface area contributed by atoms with Crippen LogP contribution in [-0.2, 0) is 6.54 Å². The number of carboxylic acid groups (broad SMARTS) is 1. The smallest absolute Gasteiger partial charge is 0.343 e. The predicted octanol–water partition coefficient (Wildman–Crippen LogP) is 5.70. The number of carbonyl (C=O) groups is 2. The first kappa shape index (κ1) is 21.6. The number of aromatic carboxylic acids is 1. The van der Waals surface area contributed by atoms with Crippen molar-refractivity contribution in [2.45, 2.75) is 20.4 Å². The fourth-order valence-electron chi connectivity index (χ4n) is 3.16. The molecule has 0 bridgehead atoms. The Morgan fingerprint density at radius 2 is 1.77 bits per heavy atom. The molecular weight excluding hydrogens is 446 g/mol. The third-order valence-corrected chi connectivity index (χ3v) is 5.28. The second-order valence-corrected chi connectivity index (χ2v) is 7.74. The molecule has 3 aromatic rings. The number of esters is 1. The van der Waals surface area contributed by atoms with Crippen LogP contribution in [0.15, 0.2) is 71.2 Å². The van der Waals surface area contributed by atoms with Crippen molar-refractivity contribution in [1.29, 1.82) is 0 Å². The van der Waals surface area contributed by atoms with Crippen molar-refractivity contribution < 1.29 is 19.4 Å². The quantitative estimate of drug-likeness (QED) is 0.356. The van der Waals surface area contributed by atoms with Gasteiger partial charge in [-0.1, -0.05) is 40.2 Å². The minimum atomic E-state index is -0.940. The molecule has 30 heavy (non-hydrogen) atoms. The Morgan fingerprint density at radius 1 is 1.03 bits per heavy atom. The first-order valence-electron chi connectivity index (χ1n) is 9.53. The van der Waals surface area contributed by atoms with Crippen LogP contribution < -0.4 is 9.64 Å². The fourth-order valence-corrected chi connectivity index (χ4v) is 3.50. The monoisotopic (exact) mass is 467 g/mol. The van der Waals surface area contributed by atoms with Crippen LogP contribution in [0.2, 0.25) is 0 Å². The lowest BCUT2D eigenvalue weighted by Gasteiger charge is -2.25. The van der Waals surface area contributed by atoms with Crippen molar-refractivity contribution in [3.05, 3.63) is 93.5 Å². The minimum absolute atomic E-state index is 0.288. The molecule has 154 valence electrons. The van der Waals surface area contributed by atoms with E-state index in [-0.39, 0.29) is 5.56 Å². The number of aryl methyl sites for hydroxylation is 1. The molecule has 0 aliphatic rings. The number of hydrogen-bond acceptors (Lipinski definition) is 4. The predicted molar refractivity (Wildman–Crippen MR) is 120 cm³/mol. The van der Waals surface area contributed by atoms with Gasteiger partial charge in [-0.25, -0.2) is 9.59 Å². The van der Waals surface area contributed by atoms with E-state index >= 15 is 0 Å². The van der Waals surface area contributed by atoms with Gasteiger partial charge < -0.3 is 14.7 Å². The van der Waals surface area contributed by atoms with Crippen molar-refractivity contribution in [3.63, 3.8) is 0 Å². The second kappa shape index (κ2) is 9.59. The van der Waals surface area contributed by atoms with Crippen LogP contribution in [0, 0.1) is 6.92 Å². The van der Waals surface area contributed by atoms with Crippen molar-refractivity contribution in [1.82, 2.24) is 0 Å². The van der Waals surface area contributed by atoms with Gasteiger partial charge >= 0.3 is 11.9 Å². The van der Waals surface area contributed by atoms with Gasteiger partial charge in [-0.2, -0.15) is 0 Å². The Hall–Kier alpha value is -3.12. The summed E-state index contributed by atoms with van der Waals surface area (Å²) in [5.74, 6) is -0.875. The molecule has 0 saturated heterocycles. The highest BCUT2D eigenvalue weighted by Crippen LogP contribution is 2.28. The van der Waals surface area contributed by atoms with E-state index in [1.54, 1.807) is 49.4 Å². The van der Waals surface area contributed by atoms with E-state index in [0.717, 1.165) is 15.7 Å². The van der Waals surface area contributed by atoms with Gasteiger partial charge in [-0.05, 0) is 61.9 Å². The molecule has 3 rings (SSSR count). The van der Waals surface area contributed by atoms with Crippen molar-refractivity contribution in [2.24, 2.45) is 0 Å². The minimum Gasteiger partial charge on any atom is -0.478 e. The van der Waals surface area contributed by atoms with E-state index in [1.807, 2.05) is 31.2 Å². The molecule has 0 fully saturated rings. The van der Waals surface area contributed by atoms with Crippen molar-refractivity contribution in [2.75, 3.05) is 11.4 Å². The maximum absolute atomic E-state index is 12.5. The molecule has 0 aliphatic carbocycles. The molecule has 3 aromatic carbocycles. The molecule has 0 amide bonds. The zero-order valence-corrected chi connectivity index (χ0v) is 18.3. The van der Waals surface area contributed by atoms with E-state index in [1.165, 1.54) is 0 Å². The molecule has 0 heterocycles. The van der Waals surface area contributed by atoms with Crippen LogP contribution in [-0.4, -0.2) is 23.6 Å². The SMILES string of the molecule is CCN(Cc1ccc(Br)cc1OC(=O)c1ccccc1)c1ccc(C(=O)O)c(C)c1. The highest BCUT2D eigenvalue weighted by molar-refractivity contribution is 9.10. The van der Waals surface area contributed by atoms with Gasteiger partial charge in [0.05, 0.1) is 11.1 Å². The summed E-state index contributed by atoms with van der Waals surface area (Å²) in [6.45, 7) is 5.02. The number of carbonyl (C=O) groups excluding carboxylic acids is 1. The number of hydrogen-bond donors (Lipinski definition) is 1. The first-order chi connectivity index (χ1) is 14.4. The van der Waals surface area contributed by atoms with Gasteiger partial charge in [0.2, 0.25) is 0 Å². The van der Waals surface area contributed by atoms with Crippen molar-refractivity contribution >= 4 is 33.6 Å². The Labute approximate surface area is 184 Å². The fraction of sp³-hybridized carbons (Fsp3) is 0.167. The molecule has 0 saturated carbocycles. The number of benzene rings is 3. The summed E-state index contributed by atoms with van der Waals surface area (Å²) in [4.78, 5) is 25.9. The highest BCUT2D eigenvalue weighted by atomic mass is 79.9. The maximum Gasteiger partial charge on any atom is 0.343 e. The van der Waals surface area contributed by atoms with Gasteiger partial charge in [0.1, 0.15) is 5.75 Å². The van der Waals surface area contributed by atoms with Crippen molar-refractivity contribution in [3.8, 4) is 5.75 Å². The standard InChI is InChI=1S/C24H22BrNO4/c1-3-26(20-11-12-21(23(27)28)16(2)13-20)15-18-9-10-19(25)14-22(18)30-24(29)17-7-5-4-6-8-17/h4-14H,3,15H2,1-2H3,(H,27,28). The van der Waals surface area contributed by atoms with Crippen LogP contribution in [0.4, 0.5) is 5.69 Å². The highest BCUT2D eigenvalue weighted by Gasteiger charge is 2.16. The van der Waals surface area contributed by atoms with E-state index in [4.69, 9.17) is 4.74 Å². The Bertz CT molecular complexity index is 1070. The Kier molecular flexibility index (Phi) is 6.90. The first-order valence-corrected chi connectivity index (χ1v) is 10.3. The third kappa shape index (κ3) is 5.07. The molecule has 1 N–H and O–H groups in total. The van der Waals surface area contributed by atoms with Gasteiger partial charge in [0.15, 0.2) is 0 Å². The average Bonchev–Trinajstić information content (AvgIpc) is 2.73. The number of halogens is 1. The van der Waals surface area contributed by atoms with Crippen LogP contribution in [0.25, 0.3) is 0 Å². The van der Waals surface area contributed by atoms with E-state index in [2.05, 4.69) is 20.8 Å². The Morgan fingerprint density at radius 3 is 2.40 bits per heavy atom. The number of anilines is 1. The summed E-state index contributed by atoms with van der Waals surface area (Å²) in [5, 5.41) is 9.26. The average molecular weight is 468 g/mol. The van der Waals surface area contributed by atoms with E-state index < -0.39 is 11.9 Å². The zero-order chi connectivity index (χ0) is 21.7. The molecule has 5 nitrogen and oxygen atoms in total. The lowest BCUT2D eigenvalue weighted by atomic mass is 10.1. The van der Waals surface area contributed by atoms with E-state index in [0.29, 0.717) is 30.0 Å². The lowest BCUT2D eigenvalue weighted by Crippen LogP contribution is -2.23. The van der Waals surface area contributed by atoms with Crippen LogP contribution in [0.5, 0.6) is 5.75 Å². The zero-order valence-electron chi connectivity index (χ0n) is 16.8. The van der Waals surface area contributed by atoms with E-state index in [9.17, 15) is 14.7 Å². The van der Waals surface area contributed by atoms with Gasteiger partial charge in [-0.15, -0.1) is 0 Å². The molecule has 0 radical (unpaired) electrons. The molecule has 6 heteroatoms. The maximum atomic E-state index is 12.5. The third-order valence-electron chi connectivity index (χ3n) is 4.79. The topological polar surface area (TPSA) is 66.8 Å². The normalized spacial score (nSPS) is 10.5. The number of rotatable bonds is 7. The van der Waals surface area contributed by atoms with Crippen LogP contribution in [0.1, 0.15) is 38.8 Å². The molecule has 0 spiro atoms. The summed E-state index contributed by atoms with van der Waals surface area (Å²) in [6, 6.07) is 19.7. The molecule has 0 aliphatic heterocycles. The molecule has 0 atom stereocenters. The summed E-state index contributed by atoms with van der Waals surface area (Å²) in [6.07, 6.45) is 0. The summed E-state index contributed by atoms with van der Waals surface area (Å²) in [5.41, 5.74) is 3.23. The molecule has 0 unspecified atom stereocenters. The largest absolute Gasteiger partial charge is 0.478 e. The summed E-state index contributed by atoms with van der Waals surface area (Å²) < 4.78 is 6.51. The van der Waals surface area contributed by atoms with Gasteiger partial charge in [-0.3, -0.25) is 0 Å². The second-order valence-electron chi connectivity index (χ2n) is 6.83. The summed E-state index contributed by atoms with van der Waals surface area (Å²) in [7, 11) is 0. The number of carboxylic acids is 1. The van der Waals surface area contributed by atoms with Gasteiger partial charge in [0.25, 0.3) is 0 Å².